The molecule has 1 fully saturated rings. The van der Waals surface area contributed by atoms with Crippen LogP contribution in [0.3, 0.4) is 0 Å². The van der Waals surface area contributed by atoms with E-state index in [0.717, 1.165) is 44.0 Å². The second-order valence-electron chi connectivity index (χ2n) is 13.5. The molecule has 51 heavy (non-hydrogen) atoms. The molecule has 2 heterocycles. The highest BCUT2D eigenvalue weighted by molar-refractivity contribution is 6.15. The molecule has 244 valence electrons. The van der Waals surface area contributed by atoms with Gasteiger partial charge in [-0.1, -0.05) is 152 Å². The highest BCUT2D eigenvalue weighted by Gasteiger charge is 2.32. The van der Waals surface area contributed by atoms with Crippen molar-refractivity contribution < 1.29 is 4.42 Å². The van der Waals surface area contributed by atoms with Gasteiger partial charge in [0.25, 0.3) is 0 Å². The summed E-state index contributed by atoms with van der Waals surface area (Å²) in [5.74, 6) is 0. The van der Waals surface area contributed by atoms with Crippen LogP contribution in [0.15, 0.2) is 180 Å². The Balaban J connectivity index is 1.15. The van der Waals surface area contributed by atoms with E-state index in [2.05, 4.69) is 192 Å². The summed E-state index contributed by atoms with van der Waals surface area (Å²) in [6, 6.07) is 62.8. The zero-order valence-electron chi connectivity index (χ0n) is 27.9. The van der Waals surface area contributed by atoms with Crippen LogP contribution in [0.1, 0.15) is 35.2 Å². The second kappa shape index (κ2) is 12.4. The van der Waals surface area contributed by atoms with Gasteiger partial charge in [0.15, 0.2) is 0 Å². The van der Waals surface area contributed by atoms with Gasteiger partial charge in [0, 0.05) is 16.3 Å². The van der Waals surface area contributed by atoms with Crippen LogP contribution in [0.25, 0.3) is 65.7 Å². The van der Waals surface area contributed by atoms with Crippen LogP contribution in [0, 0.1) is 0 Å². The molecule has 10 rings (SSSR count). The Hall–Kier alpha value is -6.04. The van der Waals surface area contributed by atoms with E-state index in [1.807, 2.05) is 0 Å². The van der Waals surface area contributed by atoms with Crippen molar-refractivity contribution in [3.8, 4) is 22.3 Å². The van der Waals surface area contributed by atoms with Gasteiger partial charge in [0.05, 0.1) is 18.5 Å². The molecule has 2 atom stereocenters. The van der Waals surface area contributed by atoms with Gasteiger partial charge in [-0.15, -0.1) is 0 Å². The van der Waals surface area contributed by atoms with Crippen LogP contribution in [0.4, 0.5) is 0 Å². The molecule has 8 aromatic carbocycles. The Morgan fingerprint density at radius 1 is 0.392 bits per heavy atom. The minimum atomic E-state index is -0.172. The predicted octanol–water partition coefficient (Wildman–Crippen LogP) is 11.4. The zero-order valence-corrected chi connectivity index (χ0v) is 27.9. The lowest BCUT2D eigenvalue weighted by Gasteiger charge is -2.40. The van der Waals surface area contributed by atoms with Crippen LogP contribution in [0.2, 0.25) is 0 Å². The fourth-order valence-electron chi connectivity index (χ4n) is 7.79. The van der Waals surface area contributed by atoms with Gasteiger partial charge in [-0.05, 0) is 79.2 Å². The first-order valence-corrected chi connectivity index (χ1v) is 17.6. The molecule has 0 amide bonds. The van der Waals surface area contributed by atoms with E-state index in [1.54, 1.807) is 0 Å². The molecule has 0 spiro atoms. The Morgan fingerprint density at radius 2 is 0.961 bits per heavy atom. The molecule has 0 aliphatic carbocycles. The molecule has 4 heteroatoms. The lowest BCUT2D eigenvalue weighted by molar-refractivity contribution is 0.204. The second-order valence-corrected chi connectivity index (χ2v) is 13.5. The van der Waals surface area contributed by atoms with Gasteiger partial charge in [-0.25, -0.2) is 0 Å². The number of benzene rings is 8. The van der Waals surface area contributed by atoms with Gasteiger partial charge in [0.1, 0.15) is 11.2 Å². The molecular weight excluding hydrogens is 623 g/mol. The van der Waals surface area contributed by atoms with Crippen LogP contribution in [-0.4, -0.2) is 0 Å². The summed E-state index contributed by atoms with van der Waals surface area (Å²) in [5.41, 5.74) is 9.87. The molecule has 1 saturated heterocycles. The Labute approximate surface area is 296 Å². The number of furan rings is 1. The van der Waals surface area contributed by atoms with Gasteiger partial charge in [-0.2, -0.15) is 0 Å². The van der Waals surface area contributed by atoms with Crippen molar-refractivity contribution in [1.29, 1.82) is 0 Å². The average molecular weight is 658 g/mol. The van der Waals surface area contributed by atoms with E-state index in [4.69, 9.17) is 4.42 Å². The molecule has 1 aliphatic heterocycles. The minimum absolute atomic E-state index is 0.0741. The average Bonchev–Trinajstić information content (AvgIpc) is 3.58. The highest BCUT2D eigenvalue weighted by atomic mass is 16.3. The third-order valence-electron chi connectivity index (χ3n) is 10.4. The SMILES string of the molecule is c1ccc(C2NC(c3ccccc3)NC(c3ccc(-c4cccc(-c5ccc6ccccc6c5)c4)c4oc5cc6ccccc6cc5c34)N2)cc1. The summed E-state index contributed by atoms with van der Waals surface area (Å²) in [5, 5.41) is 18.7. The molecule has 9 aromatic rings. The van der Waals surface area contributed by atoms with E-state index < -0.39 is 0 Å². The maximum absolute atomic E-state index is 6.93. The Bertz CT molecular complexity index is 2650. The van der Waals surface area contributed by atoms with Crippen molar-refractivity contribution in [3.05, 3.63) is 193 Å². The molecule has 2 unspecified atom stereocenters. The number of hydrogen-bond acceptors (Lipinski definition) is 4. The smallest absolute Gasteiger partial charge is 0.143 e. The standard InChI is InChI=1S/C47H35N3O/c1-3-13-31(14-4-1)45-48-46(32-15-5-2-6-16-32)50-47(49-45)40-25-24-39(44-43(40)41-28-35-18-9-10-19-36(35)29-42(41)51-44)38-21-11-20-34(27-38)37-23-22-30-12-7-8-17-33(30)26-37/h1-29,45-50H. The maximum atomic E-state index is 6.93. The fourth-order valence-corrected chi connectivity index (χ4v) is 7.79. The quantitative estimate of drug-likeness (QED) is 0.172. The van der Waals surface area contributed by atoms with Crippen molar-refractivity contribution in [1.82, 2.24) is 16.0 Å². The molecule has 4 nitrogen and oxygen atoms in total. The molecule has 1 aliphatic rings. The topological polar surface area (TPSA) is 49.2 Å². The first-order chi connectivity index (χ1) is 25.2. The normalized spacial score (nSPS) is 17.8. The summed E-state index contributed by atoms with van der Waals surface area (Å²) in [4.78, 5) is 0. The van der Waals surface area contributed by atoms with Gasteiger partial charge in [-0.3, -0.25) is 16.0 Å². The third kappa shape index (κ3) is 5.38. The number of nitrogens with one attached hydrogen (secondary N) is 3. The van der Waals surface area contributed by atoms with Crippen molar-refractivity contribution >= 4 is 43.5 Å². The summed E-state index contributed by atoms with van der Waals surface area (Å²) in [6.07, 6.45) is -0.320. The van der Waals surface area contributed by atoms with Crippen molar-refractivity contribution in [2.75, 3.05) is 0 Å². The van der Waals surface area contributed by atoms with Gasteiger partial charge >= 0.3 is 0 Å². The molecule has 0 bridgehead atoms. The fraction of sp³-hybridized carbons (Fsp3) is 0.0638. The maximum Gasteiger partial charge on any atom is 0.143 e. The number of fused-ring (bicyclic) bond motifs is 5. The van der Waals surface area contributed by atoms with Crippen molar-refractivity contribution in [2.24, 2.45) is 0 Å². The molecule has 3 N–H and O–H groups in total. The summed E-state index contributed by atoms with van der Waals surface area (Å²) in [6.45, 7) is 0. The lowest BCUT2D eigenvalue weighted by Crippen LogP contribution is -2.54. The minimum Gasteiger partial charge on any atom is -0.455 e. The number of hydrogen-bond donors (Lipinski definition) is 3. The summed E-state index contributed by atoms with van der Waals surface area (Å²) < 4.78 is 6.93. The van der Waals surface area contributed by atoms with Crippen LogP contribution < -0.4 is 16.0 Å². The van der Waals surface area contributed by atoms with E-state index in [1.165, 1.54) is 38.4 Å². The van der Waals surface area contributed by atoms with E-state index >= 15 is 0 Å². The van der Waals surface area contributed by atoms with Crippen LogP contribution >= 0.6 is 0 Å². The van der Waals surface area contributed by atoms with Crippen molar-refractivity contribution in [2.45, 2.75) is 18.5 Å². The van der Waals surface area contributed by atoms with E-state index in [-0.39, 0.29) is 18.5 Å². The first kappa shape index (κ1) is 29.8. The third-order valence-corrected chi connectivity index (χ3v) is 10.4. The highest BCUT2D eigenvalue weighted by Crippen LogP contribution is 2.43. The first-order valence-electron chi connectivity index (χ1n) is 17.6. The van der Waals surface area contributed by atoms with Gasteiger partial charge in [0.2, 0.25) is 0 Å². The zero-order chi connectivity index (χ0) is 33.7. The van der Waals surface area contributed by atoms with Crippen LogP contribution in [-0.2, 0) is 0 Å². The monoisotopic (exact) mass is 657 g/mol. The van der Waals surface area contributed by atoms with Gasteiger partial charge < -0.3 is 4.42 Å². The lowest BCUT2D eigenvalue weighted by atomic mass is 9.93. The van der Waals surface area contributed by atoms with Crippen LogP contribution in [0.5, 0.6) is 0 Å². The van der Waals surface area contributed by atoms with E-state index in [9.17, 15) is 0 Å². The van der Waals surface area contributed by atoms with Crippen molar-refractivity contribution in [3.63, 3.8) is 0 Å². The Kier molecular flexibility index (Phi) is 7.24. The molecular formula is C47H35N3O. The Morgan fingerprint density at radius 3 is 1.67 bits per heavy atom. The molecule has 0 radical (unpaired) electrons. The van der Waals surface area contributed by atoms with E-state index in [0.29, 0.717) is 0 Å². The molecule has 0 saturated carbocycles. The summed E-state index contributed by atoms with van der Waals surface area (Å²) in [7, 11) is 0. The predicted molar refractivity (Wildman–Crippen MR) is 210 cm³/mol. The largest absolute Gasteiger partial charge is 0.455 e. The summed E-state index contributed by atoms with van der Waals surface area (Å²) >= 11 is 0. The number of rotatable bonds is 5. The molecule has 1 aromatic heterocycles.